The van der Waals surface area contributed by atoms with Crippen LogP contribution in [0, 0.1) is 5.41 Å². The smallest absolute Gasteiger partial charge is 0.409 e. The number of benzene rings is 4. The van der Waals surface area contributed by atoms with E-state index in [0.717, 1.165) is 38.6 Å². The van der Waals surface area contributed by atoms with E-state index in [2.05, 4.69) is 104 Å². The summed E-state index contributed by atoms with van der Waals surface area (Å²) in [6.45, 7) is 9.77. The monoisotopic (exact) mass is 572 g/mol. The van der Waals surface area contributed by atoms with Crippen LogP contribution in [-0.4, -0.2) is 20.1 Å². The second-order valence-electron chi connectivity index (χ2n) is 12.7. The topological polar surface area (TPSA) is 41.6 Å². The van der Waals surface area contributed by atoms with Crippen molar-refractivity contribution in [3.8, 4) is 0 Å². The second-order valence-corrected chi connectivity index (χ2v) is 12.7. The van der Waals surface area contributed by atoms with E-state index in [4.69, 9.17) is 4.74 Å². The quantitative estimate of drug-likeness (QED) is 0.120. The average molecular weight is 573 g/mol. The van der Waals surface area contributed by atoms with E-state index in [1.54, 1.807) is 0 Å². The minimum atomic E-state index is -0.522. The Kier molecular flexibility index (Phi) is 8.26. The largest absolute Gasteiger partial charge is 0.469 e. The highest BCUT2D eigenvalue weighted by Gasteiger charge is 2.45. The standard InChI is InChI=1S/C38H45BN2O2/c1-6-9-11-20-30-28(7-2)31-23-38(4,37(42)43-5)24-32(31)29(8-3)36(30)39-40-33-21-14-18-27-19-15-22-34(35(27)33)41(39)25-26-16-12-10-13-17-26/h10,12-19,21-22,40H,6-9,11,20,23-25H2,1-5H3. The molecule has 0 saturated heterocycles. The van der Waals surface area contributed by atoms with Gasteiger partial charge in [0.05, 0.1) is 12.5 Å². The van der Waals surface area contributed by atoms with E-state index in [0.29, 0.717) is 0 Å². The van der Waals surface area contributed by atoms with Crippen LogP contribution < -0.4 is 15.5 Å². The summed E-state index contributed by atoms with van der Waals surface area (Å²) >= 11 is 0. The van der Waals surface area contributed by atoms with Gasteiger partial charge in [-0.2, -0.15) is 0 Å². The van der Waals surface area contributed by atoms with E-state index in [1.165, 1.54) is 87.4 Å². The summed E-state index contributed by atoms with van der Waals surface area (Å²) in [5, 5.41) is 6.63. The van der Waals surface area contributed by atoms with Crippen LogP contribution in [0.2, 0.25) is 0 Å². The van der Waals surface area contributed by atoms with E-state index in [-0.39, 0.29) is 13.0 Å². The van der Waals surface area contributed by atoms with Crippen LogP contribution in [0.5, 0.6) is 0 Å². The average Bonchev–Trinajstić information content (AvgIpc) is 3.40. The van der Waals surface area contributed by atoms with Crippen molar-refractivity contribution < 1.29 is 9.53 Å². The minimum Gasteiger partial charge on any atom is -0.469 e. The van der Waals surface area contributed by atoms with Gasteiger partial charge in [0.15, 0.2) is 0 Å². The van der Waals surface area contributed by atoms with Gasteiger partial charge in [0, 0.05) is 23.3 Å². The molecule has 43 heavy (non-hydrogen) atoms. The van der Waals surface area contributed by atoms with Crippen molar-refractivity contribution >= 4 is 40.6 Å². The molecule has 4 aromatic rings. The fourth-order valence-electron chi connectivity index (χ4n) is 7.94. The van der Waals surface area contributed by atoms with Gasteiger partial charge in [-0.3, -0.25) is 4.79 Å². The lowest BCUT2D eigenvalue weighted by Gasteiger charge is -2.40. The molecule has 0 bridgehead atoms. The van der Waals surface area contributed by atoms with Gasteiger partial charge < -0.3 is 14.8 Å². The third-order valence-corrected chi connectivity index (χ3v) is 9.92. The highest BCUT2D eigenvalue weighted by molar-refractivity contribution is 6.81. The summed E-state index contributed by atoms with van der Waals surface area (Å²) in [6.07, 6.45) is 8.05. The lowest BCUT2D eigenvalue weighted by atomic mass is 9.57. The number of hydrogen-bond donors (Lipinski definition) is 1. The normalized spacial score (nSPS) is 17.2. The zero-order valence-electron chi connectivity index (χ0n) is 26.6. The number of hydrogen-bond acceptors (Lipinski definition) is 4. The first-order valence-electron chi connectivity index (χ1n) is 16.3. The lowest BCUT2D eigenvalue weighted by molar-refractivity contribution is -0.151. The Morgan fingerprint density at radius 1 is 0.884 bits per heavy atom. The predicted molar refractivity (Wildman–Crippen MR) is 182 cm³/mol. The summed E-state index contributed by atoms with van der Waals surface area (Å²) in [5.74, 6) is -0.0935. The number of esters is 1. The van der Waals surface area contributed by atoms with Crippen molar-refractivity contribution in [1.82, 2.24) is 0 Å². The molecule has 1 heterocycles. The molecule has 2 aliphatic rings. The Labute approximate surface area is 258 Å². The first-order valence-corrected chi connectivity index (χ1v) is 16.3. The Morgan fingerprint density at radius 3 is 2.26 bits per heavy atom. The molecule has 4 nitrogen and oxygen atoms in total. The fraction of sp³-hybridized carbons (Fsp3) is 0.395. The van der Waals surface area contributed by atoms with Gasteiger partial charge in [0.1, 0.15) is 0 Å². The Bertz CT molecular complexity index is 1640. The van der Waals surface area contributed by atoms with Gasteiger partial charge in [-0.25, -0.2) is 0 Å². The molecule has 0 spiro atoms. The van der Waals surface area contributed by atoms with Gasteiger partial charge in [-0.05, 0) is 102 Å². The van der Waals surface area contributed by atoms with Crippen molar-refractivity contribution in [2.75, 3.05) is 17.1 Å². The molecule has 222 valence electrons. The molecule has 1 N–H and O–H groups in total. The lowest BCUT2D eigenvalue weighted by Crippen LogP contribution is -2.58. The summed E-state index contributed by atoms with van der Waals surface area (Å²) in [5.41, 5.74) is 11.9. The second kappa shape index (κ2) is 12.1. The Balaban J connectivity index is 1.60. The molecular formula is C38H45BN2O2. The number of methoxy groups -OCH3 is 1. The van der Waals surface area contributed by atoms with Crippen molar-refractivity contribution in [3.63, 3.8) is 0 Å². The van der Waals surface area contributed by atoms with Crippen LogP contribution in [0.15, 0.2) is 66.7 Å². The van der Waals surface area contributed by atoms with E-state index in [1.807, 2.05) is 0 Å². The van der Waals surface area contributed by atoms with Crippen LogP contribution in [0.4, 0.5) is 11.4 Å². The third-order valence-electron chi connectivity index (χ3n) is 9.92. The van der Waals surface area contributed by atoms with E-state index < -0.39 is 5.41 Å². The van der Waals surface area contributed by atoms with Crippen LogP contribution in [0.25, 0.3) is 10.8 Å². The van der Waals surface area contributed by atoms with Crippen molar-refractivity contribution in [2.45, 2.75) is 85.6 Å². The van der Waals surface area contributed by atoms with Crippen LogP contribution in [0.3, 0.4) is 0 Å². The van der Waals surface area contributed by atoms with Gasteiger partial charge in [-0.15, -0.1) is 0 Å². The fourth-order valence-corrected chi connectivity index (χ4v) is 7.94. The molecule has 0 fully saturated rings. The molecule has 5 heteroatoms. The summed E-state index contributed by atoms with van der Waals surface area (Å²) in [4.78, 5) is 15.7. The van der Waals surface area contributed by atoms with Crippen molar-refractivity contribution in [2.24, 2.45) is 5.41 Å². The molecule has 0 aromatic heterocycles. The Hall–Kier alpha value is -3.73. The number of fused-ring (bicyclic) bond motifs is 1. The Morgan fingerprint density at radius 2 is 1.58 bits per heavy atom. The zero-order valence-corrected chi connectivity index (χ0v) is 26.6. The maximum Gasteiger partial charge on any atom is 0.409 e. The molecular weight excluding hydrogens is 527 g/mol. The highest BCUT2D eigenvalue weighted by Crippen LogP contribution is 2.44. The number of rotatable bonds is 10. The maximum absolute atomic E-state index is 13.1. The SMILES string of the molecule is CCCCCc1c(CC)c2c(c(CC)c1B1Nc3cccc4cccc(c34)N1Cc1ccccc1)CC(C)(C(=O)OC)C2. The minimum absolute atomic E-state index is 0.0205. The highest BCUT2D eigenvalue weighted by atomic mass is 16.5. The van der Waals surface area contributed by atoms with E-state index >= 15 is 0 Å². The molecule has 1 unspecified atom stereocenters. The van der Waals surface area contributed by atoms with Crippen LogP contribution in [0.1, 0.15) is 80.3 Å². The van der Waals surface area contributed by atoms with Crippen LogP contribution >= 0.6 is 0 Å². The van der Waals surface area contributed by atoms with Gasteiger partial charge in [0.2, 0.25) is 0 Å². The number of anilines is 2. The van der Waals surface area contributed by atoms with Crippen LogP contribution in [-0.2, 0) is 48.2 Å². The van der Waals surface area contributed by atoms with Crippen molar-refractivity contribution in [3.05, 3.63) is 100 Å². The molecule has 1 aliphatic carbocycles. The molecule has 1 aliphatic heterocycles. The number of carbonyl (C=O) groups excluding carboxylic acids is 1. The first kappa shape index (κ1) is 29.4. The molecule has 4 aromatic carbocycles. The van der Waals surface area contributed by atoms with Gasteiger partial charge in [-0.1, -0.05) is 88.2 Å². The number of ether oxygens (including phenoxy) is 1. The number of nitrogens with one attached hydrogen (secondary N) is 1. The summed E-state index contributed by atoms with van der Waals surface area (Å²) < 4.78 is 5.37. The molecule has 0 radical (unpaired) electrons. The van der Waals surface area contributed by atoms with Crippen molar-refractivity contribution in [1.29, 1.82) is 0 Å². The zero-order chi connectivity index (χ0) is 30.1. The molecule has 6 rings (SSSR count). The first-order chi connectivity index (χ1) is 20.9. The number of unbranched alkanes of at least 4 members (excludes halogenated alkanes) is 2. The number of nitrogens with zero attached hydrogens (tertiary/aromatic N) is 1. The van der Waals surface area contributed by atoms with E-state index in [9.17, 15) is 4.79 Å². The third kappa shape index (κ3) is 5.11. The maximum atomic E-state index is 13.1. The summed E-state index contributed by atoms with van der Waals surface area (Å²) in [7, 11) is 1.53. The summed E-state index contributed by atoms with van der Waals surface area (Å²) in [6, 6.07) is 24.2. The predicted octanol–water partition coefficient (Wildman–Crippen LogP) is 7.80. The van der Waals surface area contributed by atoms with Gasteiger partial charge >= 0.3 is 13.0 Å². The molecule has 0 saturated carbocycles. The number of carbonyl (C=O) groups is 1. The molecule has 1 atom stereocenters. The van der Waals surface area contributed by atoms with Gasteiger partial charge in [0.25, 0.3) is 0 Å². The molecule has 0 amide bonds.